The maximum absolute atomic E-state index is 15.2. The molecule has 2 aromatic heterocycles. The van der Waals surface area contributed by atoms with E-state index in [4.69, 9.17) is 31.1 Å². The molecule has 3 aromatic carbocycles. The summed E-state index contributed by atoms with van der Waals surface area (Å²) < 4.78 is 18.4. The van der Waals surface area contributed by atoms with Crippen LogP contribution in [0.5, 0.6) is 11.5 Å². The maximum atomic E-state index is 15.2. The van der Waals surface area contributed by atoms with E-state index < -0.39 is 96.2 Å². The summed E-state index contributed by atoms with van der Waals surface area (Å²) in [6.07, 6.45) is 6.10. The topological polar surface area (TPSA) is 494 Å². The van der Waals surface area contributed by atoms with Crippen LogP contribution >= 0.6 is 11.8 Å². The highest BCUT2D eigenvalue weighted by Crippen LogP contribution is 2.33. The van der Waals surface area contributed by atoms with Gasteiger partial charge in [0.1, 0.15) is 60.4 Å². The van der Waals surface area contributed by atoms with Crippen LogP contribution in [0.25, 0.3) is 10.9 Å². The highest BCUT2D eigenvalue weighted by molar-refractivity contribution is 8.00. The van der Waals surface area contributed by atoms with Crippen LogP contribution < -0.4 is 70.0 Å². The van der Waals surface area contributed by atoms with Gasteiger partial charge in [-0.1, -0.05) is 54.1 Å². The third-order valence-corrected chi connectivity index (χ3v) is 18.7. The van der Waals surface area contributed by atoms with Gasteiger partial charge in [0.2, 0.25) is 53.2 Å². The number of aryl methyl sites for hydroxylation is 1. The molecule has 34 heteroatoms. The number of nitrogens with two attached hydrogens (primary N) is 2. The van der Waals surface area contributed by atoms with Crippen molar-refractivity contribution in [2.24, 2.45) is 11.5 Å². The molecule has 8 rings (SSSR count). The summed E-state index contributed by atoms with van der Waals surface area (Å²) in [6, 6.07) is 9.28. The number of phenolic OH excluding ortho intramolecular Hbond substituents is 2. The Morgan fingerprint density at radius 1 is 0.653 bits per heavy atom. The zero-order valence-electron chi connectivity index (χ0n) is 56.2. The molecule has 3 aliphatic rings. The minimum absolute atomic E-state index is 0.0286. The van der Waals surface area contributed by atoms with Crippen molar-refractivity contribution in [2.45, 2.75) is 157 Å². The summed E-state index contributed by atoms with van der Waals surface area (Å²) in [5, 5.41) is 67.9. The Hall–Kier alpha value is -10.1. The van der Waals surface area contributed by atoms with Crippen LogP contribution in [0.2, 0.25) is 0 Å². The normalized spacial score (nSPS) is 22.7. The number of aromatic amines is 1. The van der Waals surface area contributed by atoms with E-state index in [0.29, 0.717) is 58.7 Å². The summed E-state index contributed by atoms with van der Waals surface area (Å²) in [7, 11) is 0. The van der Waals surface area contributed by atoms with Gasteiger partial charge in [0.05, 0.1) is 50.8 Å². The van der Waals surface area contributed by atoms with E-state index in [1.807, 2.05) is 30.0 Å². The average Bonchev–Trinajstić information content (AvgIpc) is 1.71. The van der Waals surface area contributed by atoms with E-state index in [-0.39, 0.29) is 138 Å². The van der Waals surface area contributed by atoms with Crippen LogP contribution in [-0.2, 0) is 89.6 Å². The molecule has 10 atom stereocenters. The number of carbonyl (C=O) groups is 10. The molecule has 3 aliphatic heterocycles. The number of hydrogen-bond acceptors (Lipinski definition) is 19. The number of benzene rings is 3. The highest BCUT2D eigenvalue weighted by atomic mass is 32.2. The number of phenols is 2. The number of aromatic nitrogens is 4. The van der Waals surface area contributed by atoms with Gasteiger partial charge in [-0.2, -0.15) is 11.8 Å². The summed E-state index contributed by atoms with van der Waals surface area (Å²) in [5.41, 5.74) is 13.9. The third-order valence-electron chi connectivity index (χ3n) is 17.2. The van der Waals surface area contributed by atoms with Gasteiger partial charge in [-0.25, -0.2) is 4.79 Å². The molecule has 5 heterocycles. The smallest absolute Gasteiger partial charge is 0.315 e. The first-order valence-corrected chi connectivity index (χ1v) is 34.9. The number of hydrogen-bond donors (Lipinski definition) is 17. The number of nitrogens with zero attached hydrogens (tertiary/aromatic N) is 3. The summed E-state index contributed by atoms with van der Waals surface area (Å²) in [4.78, 5) is 142. The number of primary amides is 1. The van der Waals surface area contributed by atoms with Gasteiger partial charge >= 0.3 is 6.03 Å². The molecule has 0 unspecified atom stereocenters. The van der Waals surface area contributed by atoms with E-state index in [1.54, 1.807) is 18.5 Å². The number of guanidine groups is 1. The van der Waals surface area contributed by atoms with Crippen molar-refractivity contribution >= 4 is 87.8 Å². The first-order valence-electron chi connectivity index (χ1n) is 33.8. The van der Waals surface area contributed by atoms with Crippen LogP contribution in [0.4, 0.5) is 4.79 Å². The molecule has 0 saturated carbocycles. The van der Waals surface area contributed by atoms with E-state index in [9.17, 15) is 53.4 Å². The van der Waals surface area contributed by atoms with Crippen LogP contribution in [-0.4, -0.2) is 213 Å². The number of para-hydroxylation sites is 1. The molecule has 2 saturated heterocycles. The second kappa shape index (κ2) is 39.1. The lowest BCUT2D eigenvalue weighted by Crippen LogP contribution is -2.60. The minimum Gasteiger partial charge on any atom is -0.508 e. The predicted octanol–water partition coefficient (Wildman–Crippen LogP) is -1.32. The van der Waals surface area contributed by atoms with Crippen molar-refractivity contribution in [3.8, 4) is 11.5 Å². The Morgan fingerprint density at radius 2 is 1.28 bits per heavy atom. The van der Waals surface area contributed by atoms with Crippen molar-refractivity contribution in [1.29, 1.82) is 5.41 Å². The van der Waals surface area contributed by atoms with Gasteiger partial charge in [0.15, 0.2) is 5.96 Å². The van der Waals surface area contributed by atoms with E-state index in [0.717, 1.165) is 25.0 Å². The third kappa shape index (κ3) is 25.0. The predicted molar refractivity (Wildman–Crippen MR) is 370 cm³/mol. The van der Waals surface area contributed by atoms with E-state index in [1.165, 1.54) is 60.1 Å². The van der Waals surface area contributed by atoms with Crippen molar-refractivity contribution in [3.05, 3.63) is 108 Å². The fraction of sp³-hybridized carbons (Fsp3) is 0.507. The Kier molecular flexibility index (Phi) is 29.7. The number of H-pyrrole nitrogens is 1. The fourth-order valence-electron chi connectivity index (χ4n) is 11.8. The van der Waals surface area contributed by atoms with Gasteiger partial charge in [-0.3, -0.25) is 53.2 Å². The number of unbranched alkanes of at least 4 members (excludes halogenated alkanes) is 1. The van der Waals surface area contributed by atoms with Crippen molar-refractivity contribution in [2.75, 3.05) is 58.5 Å². The highest BCUT2D eigenvalue weighted by Gasteiger charge is 2.43. The standard InChI is InChI=1S/C67H92N18O15S/c1-39-60(91)78-50(31-40-15-19-44(86)20-16-40)62(93)76-48(59(68)90)11-6-7-25-85-36-43(83-84-85)34-53(75-57(89)37-100-30-29-99-28-27-98-26-24-71-56(88)14-5-4-13-55-58-54(38-101-55)81-67(97)82-58)65(96)80-52(33-42-35-73-47-10-3-2-9-46(42)47)64(95)79-51(32-41-17-21-45(87)22-18-41)63(94)77-49(61(92)74-39)12-8-23-72-66(69)70/h2-3,9-10,15-22,35-36,39,48-55,58,73,86-87H,4-8,11-14,23-34,37-38H2,1H3,(H2,68,90)(H,71,88)(H,74,92)(H,75,89)(H,76,93)(H,77,94)(H,78,91)(H,79,95)(H,80,96)(H4,69,70,72)(H2,81,82,97)/t39-,48+,49-,50-,51-,52-,53+,54+,55+,58+/m1/s1. The van der Waals surface area contributed by atoms with E-state index in [2.05, 4.69) is 73.8 Å². The molecule has 11 amide bonds. The lowest BCUT2D eigenvalue weighted by molar-refractivity contribution is -0.135. The molecule has 101 heavy (non-hydrogen) atoms. The molecule has 19 N–H and O–H groups in total. The lowest BCUT2D eigenvalue weighted by Gasteiger charge is -2.27. The van der Waals surface area contributed by atoms with Crippen molar-refractivity contribution in [1.82, 2.24) is 78.5 Å². The van der Waals surface area contributed by atoms with Gasteiger partial charge in [-0.05, 0) is 98.9 Å². The molecule has 0 radical (unpaired) electrons. The molecule has 33 nitrogen and oxygen atoms in total. The van der Waals surface area contributed by atoms with E-state index >= 15 is 4.79 Å². The monoisotopic (exact) mass is 1420 g/mol. The fourth-order valence-corrected chi connectivity index (χ4v) is 13.3. The zero-order chi connectivity index (χ0) is 72.2. The van der Waals surface area contributed by atoms with Gasteiger partial charge in [0, 0.05) is 86.0 Å². The van der Waals surface area contributed by atoms with Crippen molar-refractivity contribution in [3.63, 3.8) is 0 Å². The molecule has 2 bridgehead atoms. The summed E-state index contributed by atoms with van der Waals surface area (Å²) in [6.45, 7) is 2.16. The number of urea groups is 1. The second-order valence-corrected chi connectivity index (χ2v) is 26.3. The number of carbonyl (C=O) groups excluding carboxylic acids is 10. The largest absolute Gasteiger partial charge is 0.508 e. The molecular weight excluding hydrogens is 1330 g/mol. The average molecular weight is 1420 g/mol. The Morgan fingerprint density at radius 3 is 1.97 bits per heavy atom. The Bertz CT molecular complexity index is 3630. The molecule has 2 fully saturated rings. The Labute approximate surface area is 587 Å². The van der Waals surface area contributed by atoms with Crippen LogP contribution in [0.1, 0.15) is 87.1 Å². The number of rotatable bonds is 28. The Balaban J connectivity index is 0.968. The maximum Gasteiger partial charge on any atom is 0.315 e. The van der Waals surface area contributed by atoms with Gasteiger partial charge in [-0.15, -0.1) is 5.10 Å². The number of thioether (sulfide) groups is 1. The molecule has 5 aromatic rings. The number of fused-ring (bicyclic) bond motifs is 4. The quantitative estimate of drug-likeness (QED) is 0.0119. The SMILES string of the molecule is C[C@H]1NC(=O)[C@@H](CCCNC(=N)N)NC(=O)[C@@H](Cc2ccc(O)cc2)NC(=O)[C@@H](Cc2c[nH]c3ccccc23)NC(=O)[C@@H](NC(=O)COCCOCCOCCNC(=O)CCCC[C@@H]2SC[C@@H]3NC(=O)N[C@@H]32)Cc2cn(nn2)CCCC[C@@H](C(N)=O)NC(=O)[C@@H](Cc2ccc(O)cc2)NC1=O. The molecular formula is C67H92N18O15S. The second-order valence-electron chi connectivity index (χ2n) is 25.0. The molecule has 0 aliphatic carbocycles. The van der Waals surface area contributed by atoms with Crippen molar-refractivity contribution < 1.29 is 72.4 Å². The van der Waals surface area contributed by atoms with Gasteiger partial charge < -0.3 is 99.4 Å². The first-order chi connectivity index (χ1) is 48.6. The first kappa shape index (κ1) is 76.7. The molecule has 0 spiro atoms. The summed E-state index contributed by atoms with van der Waals surface area (Å²) in [5.74, 6) is -6.40. The minimum atomic E-state index is -1.51. The number of aromatic hydroxyl groups is 2. The van der Waals surface area contributed by atoms with Gasteiger partial charge in [0.25, 0.3) is 0 Å². The number of amides is 11. The molecule has 546 valence electrons. The number of ether oxygens (including phenoxy) is 3. The van der Waals surface area contributed by atoms with Crippen LogP contribution in [0, 0.1) is 5.41 Å². The van der Waals surface area contributed by atoms with Crippen LogP contribution in [0.3, 0.4) is 0 Å². The number of nitrogens with one attached hydrogen (secondary N) is 13. The van der Waals surface area contributed by atoms with Crippen LogP contribution in [0.15, 0.2) is 85.2 Å². The summed E-state index contributed by atoms with van der Waals surface area (Å²) >= 11 is 1.84. The zero-order valence-corrected chi connectivity index (χ0v) is 57.0. The lowest BCUT2D eigenvalue weighted by atomic mass is 10.0.